The van der Waals surface area contributed by atoms with Crippen LogP contribution in [-0.4, -0.2) is 42.4 Å². The van der Waals surface area contributed by atoms with E-state index in [-0.39, 0.29) is 11.9 Å². The molecule has 6 nitrogen and oxygen atoms in total. The number of anilines is 1. The molecule has 7 heteroatoms. The highest BCUT2D eigenvalue weighted by atomic mass is 32.1. The van der Waals surface area contributed by atoms with Gasteiger partial charge in [-0.1, -0.05) is 6.92 Å². The lowest BCUT2D eigenvalue weighted by molar-refractivity contribution is -0.117. The number of hydrogen-bond donors (Lipinski definition) is 3. The number of thiophene rings is 1. The summed E-state index contributed by atoms with van der Waals surface area (Å²) in [5.41, 5.74) is 11.6. The normalized spacial score (nSPS) is 23.5. The molecule has 110 valence electrons. The topological polar surface area (TPSA) is 101 Å². The highest BCUT2D eigenvalue weighted by Gasteiger charge is 2.24. The number of hydrogen-bond acceptors (Lipinski definition) is 5. The van der Waals surface area contributed by atoms with Crippen molar-refractivity contribution in [1.29, 1.82) is 0 Å². The standard InChI is InChI=1S/C13H20N4O2S/c1-8-6-17(4-2-10(8)14)7-11(18)16-13-9(12(15)19)3-5-20-13/h3,5,8,10H,2,4,6-7,14H2,1H3,(H2,15,19)(H,16,18). The fourth-order valence-electron chi connectivity index (χ4n) is 2.36. The van der Waals surface area contributed by atoms with Gasteiger partial charge < -0.3 is 16.8 Å². The summed E-state index contributed by atoms with van der Waals surface area (Å²) < 4.78 is 0. The van der Waals surface area contributed by atoms with Crippen LogP contribution in [0.15, 0.2) is 11.4 Å². The maximum absolute atomic E-state index is 12.0. The summed E-state index contributed by atoms with van der Waals surface area (Å²) in [5, 5.41) is 5.00. The minimum Gasteiger partial charge on any atom is -0.366 e. The van der Waals surface area contributed by atoms with Gasteiger partial charge in [-0.25, -0.2) is 0 Å². The van der Waals surface area contributed by atoms with Crippen LogP contribution >= 0.6 is 11.3 Å². The second-order valence-electron chi connectivity index (χ2n) is 5.24. The van der Waals surface area contributed by atoms with E-state index in [1.165, 1.54) is 11.3 Å². The van der Waals surface area contributed by atoms with E-state index < -0.39 is 5.91 Å². The summed E-state index contributed by atoms with van der Waals surface area (Å²) in [7, 11) is 0. The van der Waals surface area contributed by atoms with Crippen molar-refractivity contribution in [3.63, 3.8) is 0 Å². The van der Waals surface area contributed by atoms with Gasteiger partial charge in [0.15, 0.2) is 0 Å². The molecule has 2 rings (SSSR count). The monoisotopic (exact) mass is 296 g/mol. The molecule has 1 aliphatic rings. The number of carbonyl (C=O) groups is 2. The Morgan fingerprint density at radius 3 is 2.95 bits per heavy atom. The van der Waals surface area contributed by atoms with Crippen LogP contribution in [0, 0.1) is 5.92 Å². The van der Waals surface area contributed by atoms with E-state index in [1.54, 1.807) is 11.4 Å². The van der Waals surface area contributed by atoms with Gasteiger partial charge in [0, 0.05) is 19.1 Å². The summed E-state index contributed by atoms with van der Waals surface area (Å²) in [6.07, 6.45) is 0.903. The number of rotatable bonds is 4. The molecule has 0 saturated carbocycles. The summed E-state index contributed by atoms with van der Waals surface area (Å²) in [5.74, 6) is -0.267. The van der Waals surface area contributed by atoms with E-state index in [9.17, 15) is 9.59 Å². The quantitative estimate of drug-likeness (QED) is 0.751. The van der Waals surface area contributed by atoms with Crippen molar-refractivity contribution in [2.45, 2.75) is 19.4 Å². The van der Waals surface area contributed by atoms with Crippen LogP contribution in [0.5, 0.6) is 0 Å². The molecule has 1 fully saturated rings. The lowest BCUT2D eigenvalue weighted by Gasteiger charge is -2.34. The molecule has 2 amide bonds. The molecule has 2 unspecified atom stereocenters. The Labute approximate surface area is 122 Å². The van der Waals surface area contributed by atoms with Crippen molar-refractivity contribution in [2.75, 3.05) is 25.0 Å². The van der Waals surface area contributed by atoms with Crippen molar-refractivity contribution in [1.82, 2.24) is 4.90 Å². The first kappa shape index (κ1) is 15.0. The van der Waals surface area contributed by atoms with Gasteiger partial charge in [0.25, 0.3) is 5.91 Å². The average molecular weight is 296 g/mol. The predicted octanol–water partition coefficient (Wildman–Crippen LogP) is 0.455. The minimum absolute atomic E-state index is 0.127. The van der Waals surface area contributed by atoms with Crippen LogP contribution in [0.25, 0.3) is 0 Å². The van der Waals surface area contributed by atoms with E-state index in [1.807, 2.05) is 0 Å². The van der Waals surface area contributed by atoms with Gasteiger partial charge in [-0.15, -0.1) is 11.3 Å². The number of amides is 2. The van der Waals surface area contributed by atoms with E-state index in [2.05, 4.69) is 17.1 Å². The second-order valence-corrected chi connectivity index (χ2v) is 6.16. The molecule has 0 spiro atoms. The van der Waals surface area contributed by atoms with Gasteiger partial charge in [-0.2, -0.15) is 0 Å². The van der Waals surface area contributed by atoms with Gasteiger partial charge in [-0.3, -0.25) is 14.5 Å². The zero-order chi connectivity index (χ0) is 14.7. The summed E-state index contributed by atoms with van der Waals surface area (Å²) >= 11 is 1.30. The van der Waals surface area contributed by atoms with Gasteiger partial charge >= 0.3 is 0 Å². The van der Waals surface area contributed by atoms with Crippen molar-refractivity contribution in [2.24, 2.45) is 17.4 Å². The Morgan fingerprint density at radius 2 is 2.30 bits per heavy atom. The fraction of sp³-hybridized carbons (Fsp3) is 0.538. The molecule has 2 heterocycles. The highest BCUT2D eigenvalue weighted by Crippen LogP contribution is 2.22. The van der Waals surface area contributed by atoms with Crippen molar-refractivity contribution in [3.05, 3.63) is 17.0 Å². The Balaban J connectivity index is 1.89. The van der Waals surface area contributed by atoms with Gasteiger partial charge in [0.1, 0.15) is 5.00 Å². The molecular formula is C13H20N4O2S. The van der Waals surface area contributed by atoms with Crippen molar-refractivity contribution < 1.29 is 9.59 Å². The van der Waals surface area contributed by atoms with Gasteiger partial charge in [0.2, 0.25) is 5.91 Å². The Kier molecular flexibility index (Phi) is 4.74. The zero-order valence-corrected chi connectivity index (χ0v) is 12.3. The first-order chi connectivity index (χ1) is 9.47. The number of nitrogens with zero attached hydrogens (tertiary/aromatic N) is 1. The van der Waals surface area contributed by atoms with Crippen molar-refractivity contribution >= 4 is 28.2 Å². The molecule has 2 atom stereocenters. The minimum atomic E-state index is -0.529. The van der Waals surface area contributed by atoms with Crippen molar-refractivity contribution in [3.8, 4) is 0 Å². The van der Waals surface area contributed by atoms with E-state index in [4.69, 9.17) is 11.5 Å². The Bertz CT molecular complexity index is 502. The third-order valence-electron chi connectivity index (χ3n) is 3.61. The number of likely N-dealkylation sites (tertiary alicyclic amines) is 1. The maximum Gasteiger partial charge on any atom is 0.251 e. The van der Waals surface area contributed by atoms with Gasteiger partial charge in [0.05, 0.1) is 12.1 Å². The maximum atomic E-state index is 12.0. The van der Waals surface area contributed by atoms with Crippen LogP contribution < -0.4 is 16.8 Å². The van der Waals surface area contributed by atoms with E-state index in [0.717, 1.165) is 19.5 Å². The van der Waals surface area contributed by atoms with Crippen LogP contribution in [0.4, 0.5) is 5.00 Å². The zero-order valence-electron chi connectivity index (χ0n) is 11.5. The molecule has 1 aliphatic heterocycles. The number of primary amides is 1. The number of nitrogens with two attached hydrogens (primary N) is 2. The molecule has 0 bridgehead atoms. The molecule has 0 aromatic carbocycles. The summed E-state index contributed by atoms with van der Waals surface area (Å²) in [6, 6.07) is 1.83. The molecule has 0 aliphatic carbocycles. The lowest BCUT2D eigenvalue weighted by atomic mass is 9.95. The molecule has 1 aromatic rings. The molecule has 20 heavy (non-hydrogen) atoms. The van der Waals surface area contributed by atoms with E-state index in [0.29, 0.717) is 23.0 Å². The van der Waals surface area contributed by atoms with Crippen LogP contribution in [0.2, 0.25) is 0 Å². The number of carbonyl (C=O) groups excluding carboxylic acids is 2. The molecule has 0 radical (unpaired) electrons. The first-order valence-corrected chi connectivity index (χ1v) is 7.50. The number of nitrogens with one attached hydrogen (secondary N) is 1. The van der Waals surface area contributed by atoms with Gasteiger partial charge in [-0.05, 0) is 23.8 Å². The van der Waals surface area contributed by atoms with Crippen LogP contribution in [0.1, 0.15) is 23.7 Å². The van der Waals surface area contributed by atoms with E-state index >= 15 is 0 Å². The van der Waals surface area contributed by atoms with Crippen LogP contribution in [0.3, 0.4) is 0 Å². The Hall–Kier alpha value is -1.44. The largest absolute Gasteiger partial charge is 0.366 e. The highest BCUT2D eigenvalue weighted by molar-refractivity contribution is 7.14. The Morgan fingerprint density at radius 1 is 1.55 bits per heavy atom. The third-order valence-corrected chi connectivity index (χ3v) is 4.44. The SMILES string of the molecule is CC1CN(CC(=O)Nc2sccc2C(N)=O)CCC1N. The lowest BCUT2D eigenvalue weighted by Crippen LogP contribution is -2.48. The predicted molar refractivity (Wildman–Crippen MR) is 79.7 cm³/mol. The smallest absolute Gasteiger partial charge is 0.251 e. The second kappa shape index (κ2) is 6.34. The first-order valence-electron chi connectivity index (χ1n) is 6.62. The van der Waals surface area contributed by atoms with Crippen LogP contribution in [-0.2, 0) is 4.79 Å². The number of piperidine rings is 1. The molecule has 1 aromatic heterocycles. The molecule has 5 N–H and O–H groups in total. The average Bonchev–Trinajstić information content (AvgIpc) is 2.82. The molecular weight excluding hydrogens is 276 g/mol. The fourth-order valence-corrected chi connectivity index (χ4v) is 3.17. The summed E-state index contributed by atoms with van der Waals surface area (Å²) in [6.45, 7) is 4.06. The molecule has 1 saturated heterocycles. The third kappa shape index (κ3) is 3.56. The summed E-state index contributed by atoms with van der Waals surface area (Å²) in [4.78, 5) is 25.3.